The number of piperidine rings is 1. The van der Waals surface area contributed by atoms with Gasteiger partial charge in [0, 0.05) is 37.8 Å². The third kappa shape index (κ3) is 6.65. The predicted molar refractivity (Wildman–Crippen MR) is 119 cm³/mol. The van der Waals surface area contributed by atoms with Crippen molar-refractivity contribution in [2.24, 2.45) is 4.99 Å². The highest BCUT2D eigenvalue weighted by molar-refractivity contribution is 14.0. The number of rotatable bonds is 5. The first-order chi connectivity index (χ1) is 12.2. The Balaban J connectivity index is 0.00000243. The molecule has 26 heavy (non-hydrogen) atoms. The van der Waals surface area contributed by atoms with Gasteiger partial charge in [-0.05, 0) is 43.4 Å². The second-order valence-electron chi connectivity index (χ2n) is 6.68. The lowest BCUT2D eigenvalue weighted by Crippen LogP contribution is -2.47. The van der Waals surface area contributed by atoms with Crippen LogP contribution < -0.4 is 5.32 Å². The van der Waals surface area contributed by atoms with Gasteiger partial charge in [0.1, 0.15) is 0 Å². The zero-order valence-electron chi connectivity index (χ0n) is 15.3. The number of nitrogens with one attached hydrogen (secondary N) is 1. The average Bonchev–Trinajstić information content (AvgIpc) is 3.16. The van der Waals surface area contributed by atoms with E-state index in [0.717, 1.165) is 62.5 Å². The summed E-state index contributed by atoms with van der Waals surface area (Å²) in [6.45, 7) is 4.40. The van der Waals surface area contributed by atoms with Crippen LogP contribution in [0.25, 0.3) is 0 Å². The number of nitrogens with zero attached hydrogens (tertiary/aromatic N) is 2. The molecule has 2 aliphatic heterocycles. The van der Waals surface area contributed by atoms with Crippen LogP contribution in [0.3, 0.4) is 0 Å². The standard InChI is InChI=1S/C19H28BrN3O2.HI/c1-21-19(22-13-15-4-6-16(20)7-5-15)23-10-8-17(9-11-23)25-14-18-3-2-12-24-18;/h4-7,17-18H,2-3,8-14H2,1H3,(H,21,22);1H. The minimum absolute atomic E-state index is 0. The molecule has 146 valence electrons. The van der Waals surface area contributed by atoms with E-state index in [1.54, 1.807) is 0 Å². The first-order valence-electron chi connectivity index (χ1n) is 9.18. The fraction of sp³-hybridized carbons (Fsp3) is 0.632. The average molecular weight is 538 g/mol. The highest BCUT2D eigenvalue weighted by Crippen LogP contribution is 2.18. The summed E-state index contributed by atoms with van der Waals surface area (Å²) < 4.78 is 12.8. The SMILES string of the molecule is CN=C(NCc1ccc(Br)cc1)N1CCC(OCC2CCCO2)CC1.I. The van der Waals surface area contributed by atoms with E-state index in [9.17, 15) is 0 Å². The molecule has 1 aromatic carbocycles. The van der Waals surface area contributed by atoms with Gasteiger partial charge in [0.25, 0.3) is 0 Å². The minimum Gasteiger partial charge on any atom is -0.376 e. The van der Waals surface area contributed by atoms with E-state index >= 15 is 0 Å². The molecule has 0 spiro atoms. The molecule has 0 saturated carbocycles. The highest BCUT2D eigenvalue weighted by Gasteiger charge is 2.24. The molecule has 1 atom stereocenters. The molecular formula is C19H29BrIN3O2. The van der Waals surface area contributed by atoms with E-state index in [0.29, 0.717) is 12.2 Å². The molecule has 1 N–H and O–H groups in total. The van der Waals surface area contributed by atoms with Gasteiger partial charge in [-0.1, -0.05) is 28.1 Å². The Labute approximate surface area is 182 Å². The smallest absolute Gasteiger partial charge is 0.193 e. The molecule has 2 aliphatic rings. The summed E-state index contributed by atoms with van der Waals surface area (Å²) in [6.07, 6.45) is 5.08. The Morgan fingerprint density at radius 2 is 2.00 bits per heavy atom. The van der Waals surface area contributed by atoms with Gasteiger partial charge >= 0.3 is 0 Å². The molecule has 7 heteroatoms. The van der Waals surface area contributed by atoms with Crippen molar-refractivity contribution in [2.45, 2.75) is 44.4 Å². The van der Waals surface area contributed by atoms with Gasteiger partial charge in [-0.25, -0.2) is 0 Å². The van der Waals surface area contributed by atoms with Gasteiger partial charge in [-0.2, -0.15) is 0 Å². The number of hydrogen-bond acceptors (Lipinski definition) is 3. The molecule has 2 saturated heterocycles. The van der Waals surface area contributed by atoms with Crippen molar-refractivity contribution in [2.75, 3.05) is 33.4 Å². The van der Waals surface area contributed by atoms with Crippen LogP contribution in [-0.2, 0) is 16.0 Å². The molecule has 3 rings (SSSR count). The molecule has 1 aromatic rings. The zero-order valence-corrected chi connectivity index (χ0v) is 19.2. The van der Waals surface area contributed by atoms with E-state index in [-0.39, 0.29) is 24.0 Å². The maximum atomic E-state index is 6.05. The summed E-state index contributed by atoms with van der Waals surface area (Å²) in [4.78, 5) is 6.76. The van der Waals surface area contributed by atoms with Crippen molar-refractivity contribution < 1.29 is 9.47 Å². The number of guanidine groups is 1. The summed E-state index contributed by atoms with van der Waals surface area (Å²) in [5.41, 5.74) is 1.25. The molecule has 0 aliphatic carbocycles. The lowest BCUT2D eigenvalue weighted by atomic mass is 10.1. The number of aliphatic imine (C=N–C) groups is 1. The van der Waals surface area contributed by atoms with E-state index in [4.69, 9.17) is 9.47 Å². The number of likely N-dealkylation sites (tertiary alicyclic amines) is 1. The van der Waals surface area contributed by atoms with E-state index in [1.807, 2.05) is 7.05 Å². The molecule has 0 aromatic heterocycles. The third-order valence-electron chi connectivity index (χ3n) is 4.86. The number of ether oxygens (including phenoxy) is 2. The molecule has 1 unspecified atom stereocenters. The van der Waals surface area contributed by atoms with Crippen molar-refractivity contribution in [3.05, 3.63) is 34.3 Å². The van der Waals surface area contributed by atoms with Crippen molar-refractivity contribution >= 4 is 45.9 Å². The summed E-state index contributed by atoms with van der Waals surface area (Å²) in [5, 5.41) is 3.47. The quantitative estimate of drug-likeness (QED) is 0.352. The van der Waals surface area contributed by atoms with Gasteiger partial charge < -0.3 is 19.7 Å². The molecule has 0 amide bonds. The number of hydrogen-bond donors (Lipinski definition) is 1. The summed E-state index contributed by atoms with van der Waals surface area (Å²) in [5.74, 6) is 0.973. The van der Waals surface area contributed by atoms with Crippen LogP contribution in [0.1, 0.15) is 31.2 Å². The molecule has 2 heterocycles. The first kappa shape index (κ1) is 21.9. The normalized spacial score (nSPS) is 21.5. The molecule has 0 bridgehead atoms. The van der Waals surface area contributed by atoms with Gasteiger partial charge in [0.15, 0.2) is 5.96 Å². The maximum Gasteiger partial charge on any atom is 0.193 e. The van der Waals surface area contributed by atoms with Crippen molar-refractivity contribution in [3.63, 3.8) is 0 Å². The third-order valence-corrected chi connectivity index (χ3v) is 5.39. The monoisotopic (exact) mass is 537 g/mol. The lowest BCUT2D eigenvalue weighted by Gasteiger charge is -2.34. The van der Waals surface area contributed by atoms with Gasteiger partial charge in [-0.15, -0.1) is 24.0 Å². The number of benzene rings is 1. The van der Waals surface area contributed by atoms with Gasteiger partial charge in [-0.3, -0.25) is 4.99 Å². The van der Waals surface area contributed by atoms with Crippen molar-refractivity contribution in [1.29, 1.82) is 0 Å². The van der Waals surface area contributed by atoms with E-state index in [2.05, 4.69) is 55.4 Å². The molecule has 2 fully saturated rings. The number of halogens is 2. The second-order valence-corrected chi connectivity index (χ2v) is 7.60. The highest BCUT2D eigenvalue weighted by atomic mass is 127. The Morgan fingerprint density at radius 3 is 2.62 bits per heavy atom. The van der Waals surface area contributed by atoms with Crippen molar-refractivity contribution in [3.8, 4) is 0 Å². The fourth-order valence-electron chi connectivity index (χ4n) is 3.37. The molecular weight excluding hydrogens is 509 g/mol. The summed E-state index contributed by atoms with van der Waals surface area (Å²) in [7, 11) is 1.85. The Hall–Kier alpha value is -0.380. The van der Waals surface area contributed by atoms with E-state index < -0.39 is 0 Å². The lowest BCUT2D eigenvalue weighted by molar-refractivity contribution is -0.0367. The van der Waals surface area contributed by atoms with Crippen LogP contribution in [0.2, 0.25) is 0 Å². The molecule has 0 radical (unpaired) electrons. The Bertz CT molecular complexity index is 556. The van der Waals surface area contributed by atoms with Crippen LogP contribution in [0.15, 0.2) is 33.7 Å². The minimum atomic E-state index is 0. The van der Waals surface area contributed by atoms with Gasteiger partial charge in [0.2, 0.25) is 0 Å². The van der Waals surface area contributed by atoms with Crippen LogP contribution in [0.5, 0.6) is 0 Å². The molecule has 5 nitrogen and oxygen atoms in total. The van der Waals surface area contributed by atoms with Crippen LogP contribution in [0, 0.1) is 0 Å². The van der Waals surface area contributed by atoms with Crippen molar-refractivity contribution in [1.82, 2.24) is 10.2 Å². The maximum absolute atomic E-state index is 6.05. The van der Waals surface area contributed by atoms with E-state index in [1.165, 1.54) is 12.0 Å². The summed E-state index contributed by atoms with van der Waals surface area (Å²) in [6, 6.07) is 8.37. The van der Waals surface area contributed by atoms with Crippen LogP contribution in [-0.4, -0.2) is 56.4 Å². The fourth-order valence-corrected chi connectivity index (χ4v) is 3.63. The first-order valence-corrected chi connectivity index (χ1v) is 9.97. The summed E-state index contributed by atoms with van der Waals surface area (Å²) >= 11 is 3.47. The van der Waals surface area contributed by atoms with Gasteiger partial charge in [0.05, 0.1) is 18.8 Å². The Kier molecular flexibility index (Phi) is 9.66. The van der Waals surface area contributed by atoms with Crippen LogP contribution >= 0.6 is 39.9 Å². The largest absolute Gasteiger partial charge is 0.376 e. The Morgan fingerprint density at radius 1 is 1.27 bits per heavy atom. The topological polar surface area (TPSA) is 46.1 Å². The zero-order chi connectivity index (χ0) is 17.5. The predicted octanol–water partition coefficient (Wildman–Crippen LogP) is 3.80. The van der Waals surface area contributed by atoms with Crippen LogP contribution in [0.4, 0.5) is 0 Å². The second kappa shape index (κ2) is 11.5.